The normalized spacial score (nSPS) is 18.2. The minimum Gasteiger partial charge on any atom is -0.490 e. The third-order valence-corrected chi connectivity index (χ3v) is 3.27. The van der Waals surface area contributed by atoms with Crippen LogP contribution in [0.3, 0.4) is 0 Å². The maximum Gasteiger partial charge on any atom is 0.119 e. The van der Waals surface area contributed by atoms with Gasteiger partial charge in [0.2, 0.25) is 0 Å². The van der Waals surface area contributed by atoms with E-state index in [1.807, 2.05) is 31.3 Å². The summed E-state index contributed by atoms with van der Waals surface area (Å²) < 4.78 is 5.87. The van der Waals surface area contributed by atoms with Crippen LogP contribution in [-0.4, -0.2) is 24.8 Å². The van der Waals surface area contributed by atoms with Crippen LogP contribution >= 0.6 is 0 Å². The van der Waals surface area contributed by atoms with Crippen molar-refractivity contribution in [1.82, 2.24) is 5.32 Å². The predicted molar refractivity (Wildman–Crippen MR) is 68.2 cm³/mol. The highest BCUT2D eigenvalue weighted by molar-refractivity contribution is 5.28. The highest BCUT2D eigenvalue weighted by Gasteiger charge is 2.16. The van der Waals surface area contributed by atoms with Gasteiger partial charge in [-0.1, -0.05) is 12.1 Å². The van der Waals surface area contributed by atoms with Crippen molar-refractivity contribution in [2.45, 2.75) is 37.9 Å². The van der Waals surface area contributed by atoms with Crippen molar-refractivity contribution in [3.8, 4) is 5.75 Å². The van der Waals surface area contributed by atoms with Gasteiger partial charge in [0.25, 0.3) is 0 Å². The van der Waals surface area contributed by atoms with E-state index in [1.54, 1.807) is 0 Å². The molecular formula is C14H21NO2. The second kappa shape index (κ2) is 6.03. The van der Waals surface area contributed by atoms with Crippen molar-refractivity contribution in [1.29, 1.82) is 0 Å². The van der Waals surface area contributed by atoms with E-state index in [0.717, 1.165) is 11.3 Å². The number of rotatable bonds is 5. The standard InChI is InChI=1S/C14H21NO2/c1-15-10-14(16)11-6-8-13(9-7-11)17-12-4-2-3-5-12/h6-9,12,14-16H,2-5,10H2,1H3. The SMILES string of the molecule is CNCC(O)c1ccc(OC2CCCC2)cc1. The van der Waals surface area contributed by atoms with E-state index in [0.29, 0.717) is 12.6 Å². The molecule has 1 fully saturated rings. The van der Waals surface area contributed by atoms with Crippen molar-refractivity contribution in [2.24, 2.45) is 0 Å². The zero-order chi connectivity index (χ0) is 12.1. The lowest BCUT2D eigenvalue weighted by Gasteiger charge is -2.14. The van der Waals surface area contributed by atoms with Crippen LogP contribution in [0.25, 0.3) is 0 Å². The van der Waals surface area contributed by atoms with Crippen molar-refractivity contribution >= 4 is 0 Å². The van der Waals surface area contributed by atoms with E-state index in [9.17, 15) is 5.11 Å². The highest BCUT2D eigenvalue weighted by atomic mass is 16.5. The molecule has 2 rings (SSSR count). The minimum atomic E-state index is -0.444. The Bertz CT molecular complexity index is 331. The predicted octanol–water partition coefficient (Wildman–Crippen LogP) is 2.26. The zero-order valence-electron chi connectivity index (χ0n) is 10.4. The summed E-state index contributed by atoms with van der Waals surface area (Å²) in [6.07, 6.45) is 4.85. The largest absolute Gasteiger partial charge is 0.490 e. The highest BCUT2D eigenvalue weighted by Crippen LogP contribution is 2.25. The molecule has 1 unspecified atom stereocenters. The fourth-order valence-corrected chi connectivity index (χ4v) is 2.28. The number of likely N-dealkylation sites (N-methyl/N-ethyl adjacent to an activating group) is 1. The third kappa shape index (κ3) is 3.45. The van der Waals surface area contributed by atoms with Crippen molar-refractivity contribution in [3.05, 3.63) is 29.8 Å². The van der Waals surface area contributed by atoms with Gasteiger partial charge in [0.05, 0.1) is 12.2 Å². The average Bonchev–Trinajstić information content (AvgIpc) is 2.83. The lowest BCUT2D eigenvalue weighted by Crippen LogP contribution is -2.16. The molecule has 94 valence electrons. The molecule has 1 atom stereocenters. The Labute approximate surface area is 103 Å². The Morgan fingerprint density at radius 3 is 2.53 bits per heavy atom. The molecule has 0 amide bonds. The monoisotopic (exact) mass is 235 g/mol. The molecule has 0 bridgehead atoms. The van der Waals surface area contributed by atoms with Crippen LogP contribution in [0.1, 0.15) is 37.4 Å². The summed E-state index contributed by atoms with van der Waals surface area (Å²) in [5.41, 5.74) is 0.929. The molecule has 1 aliphatic rings. The maximum absolute atomic E-state index is 9.79. The first kappa shape index (κ1) is 12.4. The van der Waals surface area contributed by atoms with Crippen LogP contribution in [0.2, 0.25) is 0 Å². The third-order valence-electron chi connectivity index (χ3n) is 3.27. The fourth-order valence-electron chi connectivity index (χ4n) is 2.28. The molecular weight excluding hydrogens is 214 g/mol. The number of aliphatic hydroxyl groups is 1. The topological polar surface area (TPSA) is 41.5 Å². The maximum atomic E-state index is 9.79. The number of benzene rings is 1. The lowest BCUT2D eigenvalue weighted by molar-refractivity contribution is 0.177. The average molecular weight is 235 g/mol. The lowest BCUT2D eigenvalue weighted by atomic mass is 10.1. The zero-order valence-corrected chi connectivity index (χ0v) is 10.4. The van der Waals surface area contributed by atoms with Gasteiger partial charge in [0, 0.05) is 6.54 Å². The van der Waals surface area contributed by atoms with Crippen LogP contribution in [0.4, 0.5) is 0 Å². The Morgan fingerprint density at radius 2 is 1.94 bits per heavy atom. The molecule has 0 saturated heterocycles. The molecule has 1 saturated carbocycles. The second-order valence-electron chi connectivity index (χ2n) is 4.67. The Morgan fingerprint density at radius 1 is 1.29 bits per heavy atom. The van der Waals surface area contributed by atoms with Gasteiger partial charge >= 0.3 is 0 Å². The van der Waals surface area contributed by atoms with Gasteiger partial charge in [-0.25, -0.2) is 0 Å². The van der Waals surface area contributed by atoms with E-state index in [4.69, 9.17) is 4.74 Å². The minimum absolute atomic E-state index is 0.392. The fraction of sp³-hybridized carbons (Fsp3) is 0.571. The van der Waals surface area contributed by atoms with Crippen molar-refractivity contribution in [3.63, 3.8) is 0 Å². The molecule has 0 aliphatic heterocycles. The van der Waals surface area contributed by atoms with Crippen molar-refractivity contribution < 1.29 is 9.84 Å². The molecule has 0 heterocycles. The molecule has 0 aromatic heterocycles. The molecule has 0 radical (unpaired) electrons. The molecule has 2 N–H and O–H groups in total. The first-order chi connectivity index (χ1) is 8.29. The number of nitrogens with one attached hydrogen (secondary N) is 1. The van der Waals surface area contributed by atoms with Crippen LogP contribution < -0.4 is 10.1 Å². The summed E-state index contributed by atoms with van der Waals surface area (Å²) in [6.45, 7) is 0.572. The molecule has 1 aromatic rings. The quantitative estimate of drug-likeness (QED) is 0.822. The van der Waals surface area contributed by atoms with Crippen LogP contribution in [0.15, 0.2) is 24.3 Å². The summed E-state index contributed by atoms with van der Waals surface area (Å²) in [5.74, 6) is 0.914. The number of hydrogen-bond acceptors (Lipinski definition) is 3. The Kier molecular flexibility index (Phi) is 4.40. The molecule has 0 spiro atoms. The summed E-state index contributed by atoms with van der Waals surface area (Å²) >= 11 is 0. The molecule has 1 aliphatic carbocycles. The van der Waals surface area contributed by atoms with Gasteiger partial charge in [-0.2, -0.15) is 0 Å². The first-order valence-electron chi connectivity index (χ1n) is 6.39. The van der Waals surface area contributed by atoms with Gasteiger partial charge in [-0.3, -0.25) is 0 Å². The Balaban J connectivity index is 1.92. The molecule has 3 heteroatoms. The second-order valence-corrected chi connectivity index (χ2v) is 4.67. The summed E-state index contributed by atoms with van der Waals surface area (Å²) in [5, 5.41) is 12.8. The molecule has 3 nitrogen and oxygen atoms in total. The van der Waals surface area contributed by atoms with Crippen molar-refractivity contribution in [2.75, 3.05) is 13.6 Å². The van der Waals surface area contributed by atoms with Crippen LogP contribution in [-0.2, 0) is 0 Å². The van der Waals surface area contributed by atoms with Gasteiger partial charge in [-0.15, -0.1) is 0 Å². The van der Waals surface area contributed by atoms with E-state index < -0.39 is 6.10 Å². The first-order valence-corrected chi connectivity index (χ1v) is 6.39. The molecule has 1 aromatic carbocycles. The smallest absolute Gasteiger partial charge is 0.119 e. The van der Waals surface area contributed by atoms with E-state index in [1.165, 1.54) is 25.7 Å². The van der Waals surface area contributed by atoms with E-state index >= 15 is 0 Å². The van der Waals surface area contributed by atoms with Crippen LogP contribution in [0.5, 0.6) is 5.75 Å². The Hall–Kier alpha value is -1.06. The summed E-state index contributed by atoms with van der Waals surface area (Å²) in [6, 6.07) is 7.78. The number of hydrogen-bond donors (Lipinski definition) is 2. The van der Waals surface area contributed by atoms with Gasteiger partial charge in [-0.05, 0) is 50.4 Å². The van der Waals surface area contributed by atoms with E-state index in [-0.39, 0.29) is 0 Å². The van der Waals surface area contributed by atoms with Crippen LogP contribution in [0, 0.1) is 0 Å². The van der Waals surface area contributed by atoms with Gasteiger partial charge in [0.15, 0.2) is 0 Å². The summed E-state index contributed by atoms with van der Waals surface area (Å²) in [4.78, 5) is 0. The van der Waals surface area contributed by atoms with E-state index in [2.05, 4.69) is 5.32 Å². The van der Waals surface area contributed by atoms with Gasteiger partial charge < -0.3 is 15.2 Å². The molecule has 17 heavy (non-hydrogen) atoms. The number of ether oxygens (including phenoxy) is 1. The summed E-state index contributed by atoms with van der Waals surface area (Å²) in [7, 11) is 1.83. The van der Waals surface area contributed by atoms with Gasteiger partial charge in [0.1, 0.15) is 5.75 Å². The number of aliphatic hydroxyl groups excluding tert-OH is 1.